The molecule has 3 nitrogen and oxygen atoms in total. The fraction of sp³-hybridized carbons (Fsp3) is 0.600. The minimum absolute atomic E-state index is 0. The first kappa shape index (κ1) is 12.3. The molecule has 0 aliphatic carbocycles. The van der Waals surface area contributed by atoms with E-state index in [0.29, 0.717) is 17.5 Å². The summed E-state index contributed by atoms with van der Waals surface area (Å²) in [4.78, 5) is 3.87. The molecule has 0 amide bonds. The van der Waals surface area contributed by atoms with Crippen LogP contribution >= 0.6 is 24.2 Å². The number of aliphatic imine (C=N–C) groups is 1. The van der Waals surface area contributed by atoms with Crippen LogP contribution in [-0.4, -0.2) is 17.5 Å². The van der Waals surface area contributed by atoms with Gasteiger partial charge in [-0.1, -0.05) is 11.8 Å². The van der Waals surface area contributed by atoms with Crippen molar-refractivity contribution in [2.24, 2.45) is 10.7 Å². The summed E-state index contributed by atoms with van der Waals surface area (Å²) in [6.45, 7) is 2.59. The Bertz CT molecular complexity index is 140. The Morgan fingerprint density at radius 2 is 2.40 bits per heavy atom. The number of nitriles is 1. The van der Waals surface area contributed by atoms with Crippen molar-refractivity contribution >= 4 is 29.3 Å². The van der Waals surface area contributed by atoms with Crippen molar-refractivity contribution in [3.05, 3.63) is 0 Å². The molecule has 5 heteroatoms. The molecular formula is C5H10ClN3S. The summed E-state index contributed by atoms with van der Waals surface area (Å²) in [5, 5.41) is 8.60. The molecule has 0 rings (SSSR count). The number of nitrogens with zero attached hydrogens (tertiary/aromatic N) is 2. The Labute approximate surface area is 71.1 Å². The molecule has 0 aliphatic rings. The number of amidine groups is 1. The molecule has 0 aromatic heterocycles. The van der Waals surface area contributed by atoms with E-state index in [1.54, 1.807) is 0 Å². The average Bonchev–Trinajstić information content (AvgIpc) is 1.85. The van der Waals surface area contributed by atoms with Gasteiger partial charge >= 0.3 is 0 Å². The van der Waals surface area contributed by atoms with Gasteiger partial charge in [-0.25, -0.2) is 0 Å². The van der Waals surface area contributed by atoms with Crippen LogP contribution in [0, 0.1) is 11.3 Å². The van der Waals surface area contributed by atoms with Crippen LogP contribution in [0.25, 0.3) is 0 Å². The van der Waals surface area contributed by atoms with Crippen molar-refractivity contribution in [2.45, 2.75) is 6.92 Å². The highest BCUT2D eigenvalue weighted by Gasteiger charge is 1.88. The highest BCUT2D eigenvalue weighted by Crippen LogP contribution is 1.96. The molecule has 0 bridgehead atoms. The maximum absolute atomic E-state index is 8.10. The van der Waals surface area contributed by atoms with Crippen LogP contribution in [0.1, 0.15) is 6.92 Å². The van der Waals surface area contributed by atoms with Gasteiger partial charge in [0.2, 0.25) is 0 Å². The van der Waals surface area contributed by atoms with E-state index in [2.05, 4.69) is 4.99 Å². The summed E-state index contributed by atoms with van der Waals surface area (Å²) in [6.07, 6.45) is 0. The Morgan fingerprint density at radius 3 is 2.80 bits per heavy atom. The Balaban J connectivity index is 0. The van der Waals surface area contributed by atoms with Crippen molar-refractivity contribution in [1.29, 1.82) is 5.26 Å². The number of thioether (sulfide) groups is 1. The molecule has 0 atom stereocenters. The lowest BCUT2D eigenvalue weighted by Crippen LogP contribution is -2.07. The van der Waals surface area contributed by atoms with E-state index in [0.717, 1.165) is 0 Å². The fourth-order valence-electron chi connectivity index (χ4n) is 0.308. The molecule has 0 saturated heterocycles. The number of nitrogens with two attached hydrogens (primary N) is 1. The molecule has 58 valence electrons. The number of halogens is 1. The average molecular weight is 180 g/mol. The van der Waals surface area contributed by atoms with Gasteiger partial charge < -0.3 is 5.73 Å². The maximum Gasteiger partial charge on any atom is 0.154 e. The summed E-state index contributed by atoms with van der Waals surface area (Å²) in [7, 11) is 0. The van der Waals surface area contributed by atoms with Crippen molar-refractivity contribution in [3.8, 4) is 6.07 Å². The third kappa shape index (κ3) is 7.60. The molecule has 0 aromatic carbocycles. The van der Waals surface area contributed by atoms with Crippen LogP contribution in [0.3, 0.4) is 0 Å². The van der Waals surface area contributed by atoms with E-state index in [-0.39, 0.29) is 12.4 Å². The normalized spacial score (nSPS) is 9.80. The summed E-state index contributed by atoms with van der Waals surface area (Å²) < 4.78 is 0. The lowest BCUT2D eigenvalue weighted by molar-refractivity contribution is 1.13. The number of rotatable bonds is 2. The molecule has 0 aromatic rings. The predicted molar refractivity (Wildman–Crippen MR) is 47.5 cm³/mol. The minimum Gasteiger partial charge on any atom is -0.379 e. The molecule has 0 fully saturated rings. The molecule has 2 N–H and O–H groups in total. The molecule has 0 aliphatic heterocycles. The van der Waals surface area contributed by atoms with Crippen LogP contribution in [-0.2, 0) is 0 Å². The monoisotopic (exact) mass is 179 g/mol. The second-order valence-electron chi connectivity index (χ2n) is 1.26. The predicted octanol–water partition coefficient (Wildman–Crippen LogP) is 1.000. The number of hydrogen-bond donors (Lipinski definition) is 1. The first-order chi connectivity index (χ1) is 4.31. The zero-order chi connectivity index (χ0) is 7.11. The zero-order valence-electron chi connectivity index (χ0n) is 5.70. The highest BCUT2D eigenvalue weighted by atomic mass is 35.5. The van der Waals surface area contributed by atoms with E-state index >= 15 is 0 Å². The second kappa shape index (κ2) is 8.60. The first-order valence-electron chi connectivity index (χ1n) is 2.61. The molecule has 0 saturated carbocycles. The van der Waals surface area contributed by atoms with Gasteiger partial charge in [0.15, 0.2) is 5.17 Å². The summed E-state index contributed by atoms with van der Waals surface area (Å²) >= 11 is 1.27. The first-order valence-corrected chi connectivity index (χ1v) is 3.59. The van der Waals surface area contributed by atoms with Gasteiger partial charge in [0.05, 0.1) is 11.8 Å². The molecule has 0 radical (unpaired) electrons. The van der Waals surface area contributed by atoms with E-state index < -0.39 is 0 Å². The summed E-state index contributed by atoms with van der Waals surface area (Å²) in [5.41, 5.74) is 5.33. The van der Waals surface area contributed by atoms with E-state index in [4.69, 9.17) is 11.0 Å². The lowest BCUT2D eigenvalue weighted by atomic mass is 10.8. The SMILES string of the molecule is CCN=C(N)SCC#N.Cl. The van der Waals surface area contributed by atoms with Gasteiger partial charge in [0.25, 0.3) is 0 Å². The second-order valence-corrected chi connectivity index (χ2v) is 2.25. The van der Waals surface area contributed by atoms with Crippen LogP contribution in [0.15, 0.2) is 4.99 Å². The largest absolute Gasteiger partial charge is 0.379 e. The van der Waals surface area contributed by atoms with E-state index in [1.165, 1.54) is 11.8 Å². The van der Waals surface area contributed by atoms with Crippen molar-refractivity contribution in [3.63, 3.8) is 0 Å². The van der Waals surface area contributed by atoms with Gasteiger partial charge in [0, 0.05) is 6.54 Å². The van der Waals surface area contributed by atoms with Gasteiger partial charge in [-0.3, -0.25) is 4.99 Å². The van der Waals surface area contributed by atoms with Gasteiger partial charge in [-0.15, -0.1) is 12.4 Å². The molecule has 10 heavy (non-hydrogen) atoms. The molecular weight excluding hydrogens is 170 g/mol. The van der Waals surface area contributed by atoms with Crippen LogP contribution in [0.4, 0.5) is 0 Å². The van der Waals surface area contributed by atoms with Crippen LogP contribution < -0.4 is 5.73 Å². The van der Waals surface area contributed by atoms with Crippen LogP contribution in [0.5, 0.6) is 0 Å². The van der Waals surface area contributed by atoms with Gasteiger partial charge in [0.1, 0.15) is 0 Å². The third-order valence-electron chi connectivity index (χ3n) is 0.599. The Morgan fingerprint density at radius 1 is 1.80 bits per heavy atom. The smallest absolute Gasteiger partial charge is 0.154 e. The molecule has 0 spiro atoms. The van der Waals surface area contributed by atoms with Crippen molar-refractivity contribution in [1.82, 2.24) is 0 Å². The van der Waals surface area contributed by atoms with Gasteiger partial charge in [-0.2, -0.15) is 5.26 Å². The lowest BCUT2D eigenvalue weighted by Gasteiger charge is -1.91. The van der Waals surface area contributed by atoms with E-state index in [1.807, 2.05) is 13.0 Å². The molecule has 0 unspecified atom stereocenters. The highest BCUT2D eigenvalue weighted by molar-refractivity contribution is 8.13. The maximum atomic E-state index is 8.10. The minimum atomic E-state index is 0. The Kier molecular flexibility index (Phi) is 10.6. The Hall–Kier alpha value is -0.400. The van der Waals surface area contributed by atoms with Crippen molar-refractivity contribution in [2.75, 3.05) is 12.3 Å². The zero-order valence-corrected chi connectivity index (χ0v) is 7.34. The van der Waals surface area contributed by atoms with E-state index in [9.17, 15) is 0 Å². The summed E-state index contributed by atoms with van der Waals surface area (Å²) in [5.74, 6) is 0.384. The number of hydrogen-bond acceptors (Lipinski definition) is 3. The van der Waals surface area contributed by atoms with Crippen LogP contribution in [0.2, 0.25) is 0 Å². The van der Waals surface area contributed by atoms with Crippen molar-refractivity contribution < 1.29 is 0 Å². The van der Waals surface area contributed by atoms with Gasteiger partial charge in [-0.05, 0) is 6.92 Å². The quantitative estimate of drug-likeness (QED) is 0.508. The molecule has 0 heterocycles. The topological polar surface area (TPSA) is 62.2 Å². The fourth-order valence-corrected chi connectivity index (χ4v) is 0.741. The standard InChI is InChI=1S/C5H9N3S.ClH/c1-2-8-5(7)9-4-3-6;/h2,4H2,1H3,(H2,7,8);1H. The summed E-state index contributed by atoms with van der Waals surface area (Å²) in [6, 6.07) is 1.96. The third-order valence-corrected chi connectivity index (χ3v) is 1.30.